The van der Waals surface area contributed by atoms with E-state index in [2.05, 4.69) is 0 Å². The van der Waals surface area contributed by atoms with Crippen LogP contribution >= 0.6 is 0 Å². The summed E-state index contributed by atoms with van der Waals surface area (Å²) in [6.07, 6.45) is 0. The molecule has 0 aliphatic rings. The molecule has 50 valence electrons. The van der Waals surface area contributed by atoms with Gasteiger partial charge in [-0.25, -0.2) is 0 Å². The van der Waals surface area contributed by atoms with E-state index >= 15 is 0 Å². The Morgan fingerprint density at radius 2 is 1.90 bits per heavy atom. The van der Waals surface area contributed by atoms with Gasteiger partial charge in [-0.2, -0.15) is 0 Å². The number of phenols is 1. The van der Waals surface area contributed by atoms with E-state index in [1.807, 2.05) is 0 Å². The fraction of sp³-hybridized carbons (Fsp3) is 0. The molecule has 0 aliphatic carbocycles. The van der Waals surface area contributed by atoms with Crippen LogP contribution in [0.2, 0.25) is 0 Å². The Balaban J connectivity index is 3.34. The molecule has 1 aromatic carbocycles. The molecule has 1 aromatic rings. The Bertz CT molecular complexity index is 235. The molecule has 0 saturated carbocycles. The van der Waals surface area contributed by atoms with Crippen LogP contribution in [-0.4, -0.2) is 29.5 Å². The van der Waals surface area contributed by atoms with Gasteiger partial charge in [-0.3, -0.25) is 0 Å². The molecule has 0 atom stereocenters. The third-order valence-corrected chi connectivity index (χ3v) is 2.37. The van der Waals surface area contributed by atoms with Crippen molar-refractivity contribution in [3.63, 3.8) is 0 Å². The fourth-order valence-corrected chi connectivity index (χ4v) is 1.22. The van der Waals surface area contributed by atoms with Gasteiger partial charge in [0.1, 0.15) is 0 Å². The van der Waals surface area contributed by atoms with Gasteiger partial charge in [0.15, 0.2) is 0 Å². The molecule has 0 aliphatic heterocycles. The molecule has 0 spiro atoms. The number of rotatable bonds is 0. The molecular weight excluding hydrogens is 241 g/mol. The number of hydrogen-bond donors (Lipinski definition) is 1. The predicted molar refractivity (Wildman–Crippen MR) is 33.4 cm³/mol. The molecular formula is C6H3F2InO. The summed E-state index contributed by atoms with van der Waals surface area (Å²) in [5.41, 5.74) is 0. The van der Waals surface area contributed by atoms with E-state index < -0.39 is 17.4 Å². The van der Waals surface area contributed by atoms with Crippen molar-refractivity contribution in [2.75, 3.05) is 0 Å². The average molecular weight is 244 g/mol. The Labute approximate surface area is 71.2 Å². The van der Waals surface area contributed by atoms with Crippen molar-refractivity contribution in [1.29, 1.82) is 0 Å². The van der Waals surface area contributed by atoms with Crippen LogP contribution in [0.4, 0.5) is 8.78 Å². The Morgan fingerprint density at radius 1 is 1.30 bits per heavy atom. The molecule has 4 heteroatoms. The molecule has 10 heavy (non-hydrogen) atoms. The van der Waals surface area contributed by atoms with Crippen molar-refractivity contribution >= 4 is 27.7 Å². The Hall–Kier alpha value is -0.250. The van der Waals surface area contributed by atoms with Crippen molar-refractivity contribution < 1.29 is 13.9 Å². The van der Waals surface area contributed by atoms with Crippen LogP contribution in [0.15, 0.2) is 12.1 Å². The second-order valence-electron chi connectivity index (χ2n) is 1.80. The van der Waals surface area contributed by atoms with Gasteiger partial charge in [-0.05, 0) is 0 Å². The van der Waals surface area contributed by atoms with Crippen LogP contribution in [0.1, 0.15) is 0 Å². The summed E-state index contributed by atoms with van der Waals surface area (Å²) >= 11 is 0.534. The van der Waals surface area contributed by atoms with E-state index in [0.29, 0.717) is 27.7 Å². The number of halogens is 2. The topological polar surface area (TPSA) is 20.2 Å². The van der Waals surface area contributed by atoms with Gasteiger partial charge in [0, 0.05) is 0 Å². The third kappa shape index (κ3) is 1.26. The van der Waals surface area contributed by atoms with Gasteiger partial charge in [-0.15, -0.1) is 0 Å². The van der Waals surface area contributed by atoms with E-state index in [9.17, 15) is 8.78 Å². The van der Waals surface area contributed by atoms with E-state index in [1.54, 1.807) is 0 Å². The van der Waals surface area contributed by atoms with Gasteiger partial charge in [0.2, 0.25) is 0 Å². The molecule has 1 nitrogen and oxygen atoms in total. The normalized spacial score (nSPS) is 9.80. The van der Waals surface area contributed by atoms with Gasteiger partial charge in [0.25, 0.3) is 0 Å². The number of aromatic hydroxyl groups is 1. The average Bonchev–Trinajstić information content (AvgIpc) is 1.93. The molecule has 0 fully saturated rings. The van der Waals surface area contributed by atoms with Crippen LogP contribution in [0.3, 0.4) is 0 Å². The summed E-state index contributed by atoms with van der Waals surface area (Å²) in [5, 5.41) is 8.66. The number of hydrogen-bond acceptors (Lipinski definition) is 1. The van der Waals surface area contributed by atoms with Crippen LogP contribution in [0.5, 0.6) is 5.75 Å². The van der Waals surface area contributed by atoms with Crippen molar-refractivity contribution in [2.45, 2.75) is 0 Å². The molecule has 1 rings (SSSR count). The first-order valence-corrected chi connectivity index (χ1v) is 4.20. The second kappa shape index (κ2) is 2.78. The molecule has 0 bridgehead atoms. The van der Waals surface area contributed by atoms with E-state index in [0.717, 1.165) is 6.07 Å². The van der Waals surface area contributed by atoms with Crippen LogP contribution in [-0.2, 0) is 0 Å². The van der Waals surface area contributed by atoms with E-state index in [-0.39, 0.29) is 0 Å². The Morgan fingerprint density at radius 3 is 2.40 bits per heavy atom. The zero-order chi connectivity index (χ0) is 7.72. The molecule has 2 radical (unpaired) electrons. The number of benzene rings is 1. The van der Waals surface area contributed by atoms with Crippen LogP contribution in [0, 0.1) is 11.6 Å². The molecule has 1 N–H and O–H groups in total. The maximum atomic E-state index is 12.5. The summed E-state index contributed by atoms with van der Waals surface area (Å²) in [7, 11) is 0. The van der Waals surface area contributed by atoms with Gasteiger partial charge >= 0.3 is 71.1 Å². The zero-order valence-corrected chi connectivity index (χ0v) is 8.23. The first-order chi connectivity index (χ1) is 4.63. The van der Waals surface area contributed by atoms with Crippen molar-refractivity contribution in [3.8, 4) is 5.75 Å². The predicted octanol–water partition coefficient (Wildman–Crippen LogP) is 0.464. The Kier molecular flexibility index (Phi) is 2.18. The maximum absolute atomic E-state index is 12.5. The minimum absolute atomic E-state index is 0.365. The van der Waals surface area contributed by atoms with Crippen LogP contribution in [0.25, 0.3) is 0 Å². The fourth-order valence-electron chi connectivity index (χ4n) is 0.557. The van der Waals surface area contributed by atoms with Gasteiger partial charge in [-0.1, -0.05) is 0 Å². The van der Waals surface area contributed by atoms with Crippen molar-refractivity contribution in [2.24, 2.45) is 0 Å². The molecule has 0 saturated heterocycles. The van der Waals surface area contributed by atoms with Crippen molar-refractivity contribution in [1.82, 2.24) is 0 Å². The standard InChI is InChI=1S/C6H3F2O.In/c7-4-2-1-3-5(8)6(4)9;/h1-2,9H;. The summed E-state index contributed by atoms with van der Waals surface area (Å²) in [4.78, 5) is 0. The molecule has 0 amide bonds. The van der Waals surface area contributed by atoms with E-state index in [1.165, 1.54) is 6.07 Å². The molecule has 0 aromatic heterocycles. The summed E-state index contributed by atoms with van der Waals surface area (Å²) in [6, 6.07) is 2.38. The zero-order valence-electron chi connectivity index (χ0n) is 4.94. The summed E-state index contributed by atoms with van der Waals surface area (Å²) < 4.78 is 25.2. The van der Waals surface area contributed by atoms with Gasteiger partial charge < -0.3 is 0 Å². The SMILES string of the molecule is Oc1c(F)cc[c]([In])c1F. The quantitative estimate of drug-likeness (QED) is 0.703. The first-order valence-electron chi connectivity index (χ1n) is 2.55. The van der Waals surface area contributed by atoms with Crippen LogP contribution < -0.4 is 3.32 Å². The minimum atomic E-state index is -0.907. The monoisotopic (exact) mass is 244 g/mol. The van der Waals surface area contributed by atoms with Crippen molar-refractivity contribution in [3.05, 3.63) is 23.8 Å². The summed E-state index contributed by atoms with van der Waals surface area (Å²) in [6.45, 7) is 0. The molecule has 0 unspecified atom stereocenters. The summed E-state index contributed by atoms with van der Waals surface area (Å²) in [5.74, 6) is -2.61. The first kappa shape index (κ1) is 7.85. The second-order valence-corrected chi connectivity index (χ2v) is 3.57. The third-order valence-electron chi connectivity index (χ3n) is 1.10. The molecule has 0 heterocycles. The van der Waals surface area contributed by atoms with Gasteiger partial charge in [0.05, 0.1) is 0 Å². The number of phenolic OH excluding ortho intramolecular Hbond substituents is 1. The van der Waals surface area contributed by atoms with E-state index in [4.69, 9.17) is 5.11 Å².